The molecule has 0 bridgehead atoms. The van der Waals surface area contributed by atoms with Gasteiger partial charge in [-0.25, -0.2) is 0 Å². The van der Waals surface area contributed by atoms with Gasteiger partial charge < -0.3 is 4.74 Å². The Balaban J connectivity index is 1.38. The van der Waals surface area contributed by atoms with E-state index in [1.807, 2.05) is 0 Å². The van der Waals surface area contributed by atoms with Crippen LogP contribution in [0.4, 0.5) is 0 Å². The first-order valence-corrected chi connectivity index (χ1v) is 11.2. The van der Waals surface area contributed by atoms with Crippen LogP contribution in [0, 0.1) is 19.3 Å². The number of hydrogen-bond donors (Lipinski definition) is 0. The Morgan fingerprint density at radius 1 is 0.852 bits per heavy atom. The fourth-order valence-electron chi connectivity index (χ4n) is 4.41. The lowest BCUT2D eigenvalue weighted by Gasteiger charge is -2.15. The van der Waals surface area contributed by atoms with Crippen LogP contribution in [0.1, 0.15) is 99.8 Å². The molecule has 0 amide bonds. The van der Waals surface area contributed by atoms with Crippen molar-refractivity contribution in [3.05, 3.63) is 34.4 Å². The van der Waals surface area contributed by atoms with Gasteiger partial charge in [-0.3, -0.25) is 4.79 Å². The van der Waals surface area contributed by atoms with Crippen molar-refractivity contribution >= 4 is 6.47 Å². The summed E-state index contributed by atoms with van der Waals surface area (Å²) in [6.45, 7) is 7.62. The average molecular weight is 371 g/mol. The summed E-state index contributed by atoms with van der Waals surface area (Å²) in [4.78, 5) is 10.6. The zero-order chi connectivity index (χ0) is 19.3. The van der Waals surface area contributed by atoms with Crippen molar-refractivity contribution in [2.75, 3.05) is 0 Å². The fraction of sp³-hybridized carbons (Fsp3) is 0.720. The maximum Gasteiger partial charge on any atom is 0.293 e. The molecule has 2 aliphatic rings. The van der Waals surface area contributed by atoms with Crippen molar-refractivity contribution in [1.82, 2.24) is 0 Å². The first-order chi connectivity index (χ1) is 13.0. The molecule has 27 heavy (non-hydrogen) atoms. The van der Waals surface area contributed by atoms with Gasteiger partial charge in [-0.1, -0.05) is 31.9 Å². The molecular weight excluding hydrogens is 332 g/mol. The molecule has 2 saturated carbocycles. The number of unbranched alkanes of at least 4 members (excludes halogenated alkanes) is 3. The van der Waals surface area contributed by atoms with Crippen LogP contribution < -0.4 is 0 Å². The molecule has 0 aromatic heterocycles. The SMILES string of the molecule is Cc1cc(CCCCC2(OC=O)CC2)c(C)cc1CCCCCC1(C)CC1. The molecule has 2 nitrogen and oxygen atoms in total. The van der Waals surface area contributed by atoms with E-state index in [9.17, 15) is 4.79 Å². The summed E-state index contributed by atoms with van der Waals surface area (Å²) < 4.78 is 5.25. The summed E-state index contributed by atoms with van der Waals surface area (Å²) in [5, 5.41) is 0. The van der Waals surface area contributed by atoms with Crippen molar-refractivity contribution in [3.8, 4) is 0 Å². The highest BCUT2D eigenvalue weighted by Gasteiger charge is 2.44. The van der Waals surface area contributed by atoms with Crippen LogP contribution in [0.15, 0.2) is 12.1 Å². The maximum absolute atomic E-state index is 10.6. The predicted molar refractivity (Wildman–Crippen MR) is 112 cm³/mol. The number of ether oxygens (including phenoxy) is 1. The predicted octanol–water partition coefficient (Wildman–Crippen LogP) is 6.62. The fourth-order valence-corrected chi connectivity index (χ4v) is 4.41. The van der Waals surface area contributed by atoms with Gasteiger partial charge in [0, 0.05) is 0 Å². The van der Waals surface area contributed by atoms with Gasteiger partial charge in [-0.05, 0) is 112 Å². The van der Waals surface area contributed by atoms with Crippen molar-refractivity contribution in [2.45, 2.75) is 110 Å². The number of aryl methyl sites for hydroxylation is 4. The lowest BCUT2D eigenvalue weighted by Crippen LogP contribution is -2.12. The van der Waals surface area contributed by atoms with Crippen LogP contribution in [0.5, 0.6) is 0 Å². The Hall–Kier alpha value is -1.31. The summed E-state index contributed by atoms with van der Waals surface area (Å²) in [5.74, 6) is 0. The molecule has 2 fully saturated rings. The molecule has 1 aromatic carbocycles. The van der Waals surface area contributed by atoms with E-state index >= 15 is 0 Å². The Morgan fingerprint density at radius 3 is 1.93 bits per heavy atom. The smallest absolute Gasteiger partial charge is 0.293 e. The van der Waals surface area contributed by atoms with E-state index in [0.29, 0.717) is 11.9 Å². The molecule has 0 saturated heterocycles. The number of carbonyl (C=O) groups is 1. The summed E-state index contributed by atoms with van der Waals surface area (Å²) in [5.41, 5.74) is 6.59. The average Bonchev–Trinajstić information content (AvgIpc) is 3.55. The van der Waals surface area contributed by atoms with Gasteiger partial charge in [0.1, 0.15) is 5.60 Å². The first-order valence-electron chi connectivity index (χ1n) is 11.2. The first kappa shape index (κ1) is 20.4. The molecule has 0 N–H and O–H groups in total. The van der Waals surface area contributed by atoms with E-state index in [1.165, 1.54) is 68.1 Å². The van der Waals surface area contributed by atoms with Gasteiger partial charge in [0.05, 0.1) is 0 Å². The highest BCUT2D eigenvalue weighted by atomic mass is 16.5. The molecule has 0 atom stereocenters. The van der Waals surface area contributed by atoms with E-state index in [4.69, 9.17) is 4.74 Å². The highest BCUT2D eigenvalue weighted by molar-refractivity contribution is 5.39. The normalized spacial score (nSPS) is 18.9. The van der Waals surface area contributed by atoms with Gasteiger partial charge >= 0.3 is 0 Å². The molecule has 0 unspecified atom stereocenters. The van der Waals surface area contributed by atoms with Gasteiger partial charge in [0.25, 0.3) is 6.47 Å². The van der Waals surface area contributed by atoms with E-state index in [2.05, 4.69) is 32.9 Å². The van der Waals surface area contributed by atoms with Gasteiger partial charge in [-0.2, -0.15) is 0 Å². The van der Waals surface area contributed by atoms with Gasteiger partial charge in [0.2, 0.25) is 0 Å². The third-order valence-electron chi connectivity index (χ3n) is 7.06. The molecule has 0 heterocycles. The van der Waals surface area contributed by atoms with E-state index in [-0.39, 0.29) is 5.60 Å². The summed E-state index contributed by atoms with van der Waals surface area (Å²) in [6.07, 6.45) is 16.3. The molecular formula is C25H38O2. The summed E-state index contributed by atoms with van der Waals surface area (Å²) in [7, 11) is 0. The highest BCUT2D eigenvalue weighted by Crippen LogP contribution is 2.49. The summed E-state index contributed by atoms with van der Waals surface area (Å²) >= 11 is 0. The minimum Gasteiger partial charge on any atom is -0.461 e. The quantitative estimate of drug-likeness (QED) is 0.288. The number of hydrogen-bond acceptors (Lipinski definition) is 2. The molecule has 2 aliphatic carbocycles. The molecule has 0 radical (unpaired) electrons. The second-order valence-corrected chi connectivity index (χ2v) is 9.68. The molecule has 150 valence electrons. The number of benzene rings is 1. The van der Waals surface area contributed by atoms with E-state index in [1.54, 1.807) is 5.56 Å². The second kappa shape index (κ2) is 8.80. The number of carbonyl (C=O) groups excluding carboxylic acids is 1. The monoisotopic (exact) mass is 370 g/mol. The van der Waals surface area contributed by atoms with E-state index in [0.717, 1.165) is 32.1 Å². The second-order valence-electron chi connectivity index (χ2n) is 9.68. The van der Waals surface area contributed by atoms with Crippen LogP contribution in [-0.2, 0) is 22.4 Å². The van der Waals surface area contributed by atoms with Crippen molar-refractivity contribution in [1.29, 1.82) is 0 Å². The molecule has 0 spiro atoms. The zero-order valence-electron chi connectivity index (χ0n) is 17.7. The van der Waals surface area contributed by atoms with Crippen LogP contribution in [0.25, 0.3) is 0 Å². The Bertz CT molecular complexity index is 638. The van der Waals surface area contributed by atoms with Gasteiger partial charge in [0.15, 0.2) is 0 Å². The Morgan fingerprint density at radius 2 is 1.41 bits per heavy atom. The van der Waals surface area contributed by atoms with Gasteiger partial charge in [-0.15, -0.1) is 0 Å². The van der Waals surface area contributed by atoms with Crippen LogP contribution >= 0.6 is 0 Å². The number of rotatable bonds is 13. The van der Waals surface area contributed by atoms with Crippen LogP contribution in [0.2, 0.25) is 0 Å². The molecule has 1 aromatic rings. The lowest BCUT2D eigenvalue weighted by atomic mass is 9.93. The molecule has 0 aliphatic heterocycles. The standard InChI is InChI=1S/C25H38O2/c1-20-18-23(10-6-8-12-25(15-16-25)27-19-26)21(2)17-22(20)9-5-4-7-11-24(3)13-14-24/h17-19H,4-16H2,1-3H3. The van der Waals surface area contributed by atoms with Crippen molar-refractivity contribution < 1.29 is 9.53 Å². The minimum atomic E-state index is -0.0898. The lowest BCUT2D eigenvalue weighted by molar-refractivity contribution is -0.135. The molecule has 2 heteroatoms. The van der Waals surface area contributed by atoms with Crippen LogP contribution in [-0.4, -0.2) is 12.1 Å². The van der Waals surface area contributed by atoms with Crippen molar-refractivity contribution in [3.63, 3.8) is 0 Å². The van der Waals surface area contributed by atoms with E-state index < -0.39 is 0 Å². The molecule has 3 rings (SSSR count). The third kappa shape index (κ3) is 6.09. The van der Waals surface area contributed by atoms with Crippen LogP contribution in [0.3, 0.4) is 0 Å². The zero-order valence-corrected chi connectivity index (χ0v) is 17.7. The third-order valence-corrected chi connectivity index (χ3v) is 7.06. The Labute approximate surface area is 166 Å². The topological polar surface area (TPSA) is 26.3 Å². The minimum absolute atomic E-state index is 0.0898. The summed E-state index contributed by atoms with van der Waals surface area (Å²) in [6, 6.07) is 4.86. The van der Waals surface area contributed by atoms with Crippen molar-refractivity contribution in [2.24, 2.45) is 5.41 Å². The maximum atomic E-state index is 10.6. The Kier molecular flexibility index (Phi) is 6.65. The largest absolute Gasteiger partial charge is 0.461 e.